The van der Waals surface area contributed by atoms with E-state index in [2.05, 4.69) is 25.7 Å². The fourth-order valence-corrected chi connectivity index (χ4v) is 0.340. The molecule has 0 atom stereocenters. The van der Waals surface area contributed by atoms with Crippen molar-refractivity contribution in [3.63, 3.8) is 0 Å². The maximum Gasteiger partial charge on any atom is 2.00 e. The van der Waals surface area contributed by atoms with Crippen molar-refractivity contribution in [1.29, 1.82) is 0 Å². The van der Waals surface area contributed by atoms with Gasteiger partial charge < -0.3 is 0 Å². The standard InChI is InChI=1S/C5H5.C3H5.Pt/c1-2-4-5-3-1;1-3-2;/h1-3H,4H2;3H,1-2H2;/q2*-1;+2. The van der Waals surface area contributed by atoms with Gasteiger partial charge in [-0.1, -0.05) is 0 Å². The van der Waals surface area contributed by atoms with Gasteiger partial charge in [-0.05, 0) is 0 Å². The number of rotatable bonds is 0. The summed E-state index contributed by atoms with van der Waals surface area (Å²) in [7, 11) is 0. The van der Waals surface area contributed by atoms with E-state index in [4.69, 9.17) is 0 Å². The predicted molar refractivity (Wildman–Crippen MR) is 37.1 cm³/mol. The quantitative estimate of drug-likeness (QED) is 0.602. The summed E-state index contributed by atoms with van der Waals surface area (Å²) in [6.45, 7) is 6.50. The van der Waals surface area contributed by atoms with Gasteiger partial charge in [0.1, 0.15) is 0 Å². The van der Waals surface area contributed by atoms with Crippen LogP contribution in [0, 0.1) is 13.0 Å². The number of hydrogen-bond donors (Lipinski definition) is 0. The zero-order valence-corrected chi connectivity index (χ0v) is 7.52. The Labute approximate surface area is 71.6 Å². The molecule has 0 aromatic heterocycles. The Hall–Kier alpha value is -0.222. The maximum absolute atomic E-state index is 3.25. The molecule has 0 radical (unpaired) electrons. The summed E-state index contributed by atoms with van der Waals surface area (Å²) in [6, 6.07) is 0. The average molecular weight is 301 g/mol. The summed E-state index contributed by atoms with van der Waals surface area (Å²) in [6.07, 6.45) is 11.5. The average Bonchev–Trinajstić information content (AvgIpc) is 2.17. The number of hydrogen-bond acceptors (Lipinski definition) is 0. The van der Waals surface area contributed by atoms with Crippen molar-refractivity contribution >= 4 is 0 Å². The summed E-state index contributed by atoms with van der Waals surface area (Å²) >= 11 is 0. The van der Waals surface area contributed by atoms with Crippen LogP contribution in [-0.2, 0) is 21.1 Å². The molecule has 0 fully saturated rings. The second-order valence-corrected chi connectivity index (χ2v) is 1.29. The van der Waals surface area contributed by atoms with Crippen LogP contribution >= 0.6 is 0 Å². The van der Waals surface area contributed by atoms with Crippen LogP contribution < -0.4 is 0 Å². The maximum atomic E-state index is 3.25. The molecule has 1 heteroatoms. The molecule has 0 aliphatic heterocycles. The van der Waals surface area contributed by atoms with Gasteiger partial charge in [-0.2, -0.15) is 6.08 Å². The molecule has 52 valence electrons. The van der Waals surface area contributed by atoms with Crippen LogP contribution in [0.1, 0.15) is 6.42 Å². The molecule has 1 aliphatic rings. The molecule has 1 aliphatic carbocycles. The third-order valence-electron chi connectivity index (χ3n) is 0.586. The summed E-state index contributed by atoms with van der Waals surface area (Å²) in [5.74, 6) is 0. The Kier molecular flexibility index (Phi) is 13.7. The smallest absolute Gasteiger partial charge is 0.273 e. The number of allylic oxidation sites excluding steroid dienone is 5. The molecular weight excluding hydrogens is 291 g/mol. The van der Waals surface area contributed by atoms with Crippen molar-refractivity contribution in [2.24, 2.45) is 0 Å². The van der Waals surface area contributed by atoms with Gasteiger partial charge in [0.15, 0.2) is 0 Å². The van der Waals surface area contributed by atoms with Gasteiger partial charge in [0.2, 0.25) is 0 Å². The Morgan fingerprint density at radius 2 is 2.22 bits per heavy atom. The van der Waals surface area contributed by atoms with Gasteiger partial charge in [0, 0.05) is 0 Å². The van der Waals surface area contributed by atoms with Gasteiger partial charge in [0.25, 0.3) is 0 Å². The molecule has 0 amide bonds. The van der Waals surface area contributed by atoms with Crippen LogP contribution in [0.3, 0.4) is 0 Å². The van der Waals surface area contributed by atoms with Crippen LogP contribution in [0.4, 0.5) is 0 Å². The molecule has 0 unspecified atom stereocenters. The second kappa shape index (κ2) is 10.7. The molecule has 0 nitrogen and oxygen atoms in total. The van der Waals surface area contributed by atoms with E-state index < -0.39 is 0 Å². The van der Waals surface area contributed by atoms with E-state index in [1.54, 1.807) is 0 Å². The van der Waals surface area contributed by atoms with Gasteiger partial charge in [-0.25, -0.2) is 31.7 Å². The van der Waals surface area contributed by atoms with Crippen LogP contribution in [0.5, 0.6) is 0 Å². The first-order valence-electron chi connectivity index (χ1n) is 2.53. The Morgan fingerprint density at radius 3 is 2.33 bits per heavy atom. The predicted octanol–water partition coefficient (Wildman–Crippen LogP) is 2.31. The molecule has 0 aromatic rings. The summed E-state index contributed by atoms with van der Waals surface area (Å²) in [4.78, 5) is 0. The van der Waals surface area contributed by atoms with Gasteiger partial charge >= 0.3 is 21.1 Å². The third-order valence-corrected chi connectivity index (χ3v) is 0.586. The van der Waals surface area contributed by atoms with Crippen molar-refractivity contribution in [2.45, 2.75) is 6.42 Å². The van der Waals surface area contributed by atoms with E-state index in [-0.39, 0.29) is 21.1 Å². The fourth-order valence-electron chi connectivity index (χ4n) is 0.340. The van der Waals surface area contributed by atoms with E-state index in [0.717, 1.165) is 6.42 Å². The third kappa shape index (κ3) is 11.4. The molecular formula is C8H10Pt. The monoisotopic (exact) mass is 301 g/mol. The largest absolute Gasteiger partial charge is 2.00 e. The molecule has 0 heterocycles. The van der Waals surface area contributed by atoms with Crippen LogP contribution in [0.2, 0.25) is 0 Å². The fraction of sp³-hybridized carbons (Fsp3) is 0.125. The van der Waals surface area contributed by atoms with E-state index in [1.165, 1.54) is 6.08 Å². The molecule has 0 saturated heterocycles. The summed E-state index contributed by atoms with van der Waals surface area (Å²) in [5, 5.41) is 0. The molecule has 0 spiro atoms. The molecule has 0 aromatic carbocycles. The Morgan fingerprint density at radius 1 is 1.67 bits per heavy atom. The van der Waals surface area contributed by atoms with Crippen molar-refractivity contribution in [3.8, 4) is 0 Å². The molecule has 0 N–H and O–H groups in total. The summed E-state index contributed by atoms with van der Waals surface area (Å²) in [5.41, 5.74) is 0. The van der Waals surface area contributed by atoms with Gasteiger partial charge in [-0.15, -0.1) is 6.42 Å². The summed E-state index contributed by atoms with van der Waals surface area (Å²) < 4.78 is 0. The van der Waals surface area contributed by atoms with Crippen molar-refractivity contribution in [2.75, 3.05) is 0 Å². The van der Waals surface area contributed by atoms with E-state index in [0.29, 0.717) is 0 Å². The van der Waals surface area contributed by atoms with E-state index in [9.17, 15) is 0 Å². The molecule has 9 heavy (non-hydrogen) atoms. The zero-order chi connectivity index (χ0) is 6.24. The van der Waals surface area contributed by atoms with E-state index in [1.807, 2.05) is 12.2 Å². The van der Waals surface area contributed by atoms with Crippen molar-refractivity contribution in [3.05, 3.63) is 43.9 Å². The van der Waals surface area contributed by atoms with Crippen molar-refractivity contribution < 1.29 is 21.1 Å². The first-order chi connectivity index (χ1) is 3.91. The van der Waals surface area contributed by atoms with Gasteiger partial charge in [0.05, 0.1) is 0 Å². The topological polar surface area (TPSA) is 0 Å². The minimum Gasteiger partial charge on any atom is -0.273 e. The van der Waals surface area contributed by atoms with Crippen LogP contribution in [-0.4, -0.2) is 0 Å². The zero-order valence-electron chi connectivity index (χ0n) is 5.25. The first-order valence-corrected chi connectivity index (χ1v) is 2.53. The SMILES string of the molecule is C=C[CH2-].[C-]1=CC=CC1.[Pt+2]. The Balaban J connectivity index is 0. The second-order valence-electron chi connectivity index (χ2n) is 1.29. The minimum atomic E-state index is 0. The Bertz CT molecular complexity index is 91.1. The van der Waals surface area contributed by atoms with Gasteiger partial charge in [-0.3, -0.25) is 6.08 Å². The molecule has 0 bridgehead atoms. The van der Waals surface area contributed by atoms with Crippen LogP contribution in [0.25, 0.3) is 0 Å². The first kappa shape index (κ1) is 11.6. The molecule has 1 rings (SSSR count). The minimum absolute atomic E-state index is 0. The molecule has 0 saturated carbocycles. The van der Waals surface area contributed by atoms with E-state index >= 15 is 0 Å². The normalized spacial score (nSPS) is 11.1. The van der Waals surface area contributed by atoms with Crippen LogP contribution in [0.15, 0.2) is 30.9 Å². The van der Waals surface area contributed by atoms with Crippen molar-refractivity contribution in [1.82, 2.24) is 0 Å².